The number of hydrogen-bond donors (Lipinski definition) is 1. The second-order valence-corrected chi connectivity index (χ2v) is 7.15. The standard InChI is InChI=1S/C23H29N3O5/c1-4-13-24-23(28)20(5-2)25(16-17-9-8-11-19(14-17)31-3)22(27)15-18-10-6-7-12-21(18)26(29)30/h6-12,14,20H,4-5,13,15-16H2,1-3H3,(H,24,28). The van der Waals surface area contributed by atoms with Gasteiger partial charge in [-0.2, -0.15) is 0 Å². The summed E-state index contributed by atoms with van der Waals surface area (Å²) < 4.78 is 5.26. The van der Waals surface area contributed by atoms with Crippen LogP contribution in [0.5, 0.6) is 5.75 Å². The second kappa shape index (κ2) is 11.7. The maximum atomic E-state index is 13.3. The zero-order valence-electron chi connectivity index (χ0n) is 18.2. The van der Waals surface area contributed by atoms with Gasteiger partial charge in [-0.05, 0) is 30.5 Å². The number of carbonyl (C=O) groups is 2. The molecule has 0 aromatic heterocycles. The largest absolute Gasteiger partial charge is 0.497 e. The van der Waals surface area contributed by atoms with Gasteiger partial charge >= 0.3 is 0 Å². The zero-order valence-corrected chi connectivity index (χ0v) is 18.2. The highest BCUT2D eigenvalue weighted by Crippen LogP contribution is 2.22. The number of amides is 2. The summed E-state index contributed by atoms with van der Waals surface area (Å²) in [7, 11) is 1.56. The Balaban J connectivity index is 2.36. The summed E-state index contributed by atoms with van der Waals surface area (Å²) >= 11 is 0. The molecule has 0 aliphatic carbocycles. The van der Waals surface area contributed by atoms with E-state index in [-0.39, 0.29) is 30.5 Å². The van der Waals surface area contributed by atoms with Crippen LogP contribution in [0.4, 0.5) is 5.69 Å². The van der Waals surface area contributed by atoms with Crippen molar-refractivity contribution in [2.24, 2.45) is 0 Å². The summed E-state index contributed by atoms with van der Waals surface area (Å²) in [5.41, 5.74) is 1.01. The Hall–Kier alpha value is -3.42. The lowest BCUT2D eigenvalue weighted by Crippen LogP contribution is -2.49. The van der Waals surface area contributed by atoms with E-state index in [9.17, 15) is 19.7 Å². The van der Waals surface area contributed by atoms with Gasteiger partial charge < -0.3 is 15.0 Å². The molecule has 2 rings (SSSR count). The predicted molar refractivity (Wildman–Crippen MR) is 118 cm³/mol. The first-order valence-electron chi connectivity index (χ1n) is 10.3. The quantitative estimate of drug-likeness (QED) is 0.437. The van der Waals surface area contributed by atoms with Crippen LogP contribution in [0.3, 0.4) is 0 Å². The number of para-hydroxylation sites is 1. The highest BCUT2D eigenvalue weighted by atomic mass is 16.6. The number of nitro benzene ring substituents is 1. The summed E-state index contributed by atoms with van der Waals surface area (Å²) in [6.07, 6.45) is 1.03. The van der Waals surface area contributed by atoms with Crippen molar-refractivity contribution < 1.29 is 19.2 Å². The summed E-state index contributed by atoms with van der Waals surface area (Å²) in [6.45, 7) is 4.50. The van der Waals surface area contributed by atoms with Crippen molar-refractivity contribution in [1.82, 2.24) is 10.2 Å². The third-order valence-corrected chi connectivity index (χ3v) is 4.95. The average molecular weight is 428 g/mol. The smallest absolute Gasteiger partial charge is 0.273 e. The molecule has 0 radical (unpaired) electrons. The van der Waals surface area contributed by atoms with Crippen LogP contribution >= 0.6 is 0 Å². The average Bonchev–Trinajstić information content (AvgIpc) is 2.77. The molecule has 1 N–H and O–H groups in total. The highest BCUT2D eigenvalue weighted by molar-refractivity contribution is 5.88. The molecule has 166 valence electrons. The van der Waals surface area contributed by atoms with E-state index in [4.69, 9.17) is 4.74 Å². The van der Waals surface area contributed by atoms with Gasteiger partial charge in [-0.3, -0.25) is 19.7 Å². The lowest BCUT2D eigenvalue weighted by molar-refractivity contribution is -0.385. The molecular weight excluding hydrogens is 398 g/mol. The molecule has 2 aromatic rings. The maximum absolute atomic E-state index is 13.3. The van der Waals surface area contributed by atoms with Crippen molar-refractivity contribution in [2.75, 3.05) is 13.7 Å². The number of nitrogens with zero attached hydrogens (tertiary/aromatic N) is 2. The Morgan fingerprint density at radius 3 is 2.55 bits per heavy atom. The van der Waals surface area contributed by atoms with Gasteiger partial charge in [-0.15, -0.1) is 0 Å². The molecular formula is C23H29N3O5. The van der Waals surface area contributed by atoms with Crippen molar-refractivity contribution in [3.8, 4) is 5.75 Å². The Bertz CT molecular complexity index is 916. The molecule has 8 nitrogen and oxygen atoms in total. The van der Waals surface area contributed by atoms with Gasteiger partial charge in [-0.25, -0.2) is 0 Å². The fourth-order valence-corrected chi connectivity index (χ4v) is 3.36. The Morgan fingerprint density at radius 1 is 1.16 bits per heavy atom. The second-order valence-electron chi connectivity index (χ2n) is 7.15. The summed E-state index contributed by atoms with van der Waals surface area (Å²) in [6, 6.07) is 12.8. The van der Waals surface area contributed by atoms with E-state index in [1.165, 1.54) is 11.0 Å². The number of ether oxygens (including phenoxy) is 1. The number of hydrogen-bond acceptors (Lipinski definition) is 5. The normalized spacial score (nSPS) is 11.5. The number of nitrogens with one attached hydrogen (secondary N) is 1. The Labute approximate surface area is 182 Å². The minimum absolute atomic E-state index is 0.110. The fourth-order valence-electron chi connectivity index (χ4n) is 3.36. The highest BCUT2D eigenvalue weighted by Gasteiger charge is 2.29. The van der Waals surface area contributed by atoms with Gasteiger partial charge in [0.2, 0.25) is 11.8 Å². The zero-order chi connectivity index (χ0) is 22.8. The third-order valence-electron chi connectivity index (χ3n) is 4.95. The van der Waals surface area contributed by atoms with Crippen molar-refractivity contribution in [1.29, 1.82) is 0 Å². The molecule has 0 aliphatic heterocycles. The SMILES string of the molecule is CCCNC(=O)C(CC)N(Cc1cccc(OC)c1)C(=O)Cc1ccccc1[N+](=O)[O-]. The van der Waals surface area contributed by atoms with Gasteiger partial charge in [0.15, 0.2) is 0 Å². The fraction of sp³-hybridized carbons (Fsp3) is 0.391. The van der Waals surface area contributed by atoms with Crippen LogP contribution in [0.2, 0.25) is 0 Å². The van der Waals surface area contributed by atoms with Crippen molar-refractivity contribution in [3.05, 3.63) is 69.8 Å². The first kappa shape index (κ1) is 23.9. The van der Waals surface area contributed by atoms with Crippen LogP contribution in [-0.4, -0.2) is 41.3 Å². The molecule has 2 amide bonds. The molecule has 2 aromatic carbocycles. The molecule has 0 fully saturated rings. The van der Waals surface area contributed by atoms with E-state index in [2.05, 4.69) is 5.32 Å². The lowest BCUT2D eigenvalue weighted by atomic mass is 10.1. The van der Waals surface area contributed by atoms with E-state index in [1.807, 2.05) is 32.0 Å². The topological polar surface area (TPSA) is 102 Å². The number of carbonyl (C=O) groups excluding carboxylic acids is 2. The molecule has 0 heterocycles. The van der Waals surface area contributed by atoms with Crippen LogP contribution in [0, 0.1) is 10.1 Å². The van der Waals surface area contributed by atoms with Gasteiger partial charge in [0, 0.05) is 24.7 Å². The van der Waals surface area contributed by atoms with Crippen LogP contribution in [0.1, 0.15) is 37.8 Å². The minimum Gasteiger partial charge on any atom is -0.497 e. The van der Waals surface area contributed by atoms with Crippen LogP contribution in [0.25, 0.3) is 0 Å². The molecule has 1 unspecified atom stereocenters. The van der Waals surface area contributed by atoms with E-state index < -0.39 is 11.0 Å². The van der Waals surface area contributed by atoms with E-state index in [1.54, 1.807) is 31.4 Å². The molecule has 1 atom stereocenters. The maximum Gasteiger partial charge on any atom is 0.273 e. The molecule has 0 saturated heterocycles. The monoisotopic (exact) mass is 427 g/mol. The van der Waals surface area contributed by atoms with Crippen LogP contribution in [0.15, 0.2) is 48.5 Å². The summed E-state index contributed by atoms with van der Waals surface area (Å²) in [4.78, 5) is 38.4. The Kier molecular flexibility index (Phi) is 8.99. The van der Waals surface area contributed by atoms with Crippen molar-refractivity contribution in [2.45, 2.75) is 45.7 Å². The van der Waals surface area contributed by atoms with E-state index in [0.29, 0.717) is 24.3 Å². The van der Waals surface area contributed by atoms with Gasteiger partial charge in [0.05, 0.1) is 18.5 Å². The lowest BCUT2D eigenvalue weighted by Gasteiger charge is -2.30. The van der Waals surface area contributed by atoms with Gasteiger partial charge in [-0.1, -0.05) is 44.2 Å². The summed E-state index contributed by atoms with van der Waals surface area (Å²) in [5, 5.41) is 14.2. The number of methoxy groups -OCH3 is 1. The van der Waals surface area contributed by atoms with E-state index >= 15 is 0 Å². The predicted octanol–water partition coefficient (Wildman–Crippen LogP) is 3.48. The molecule has 0 aliphatic rings. The molecule has 0 bridgehead atoms. The molecule has 0 saturated carbocycles. The molecule has 8 heteroatoms. The molecule has 0 spiro atoms. The first-order chi connectivity index (χ1) is 14.9. The first-order valence-corrected chi connectivity index (χ1v) is 10.3. The number of nitro groups is 1. The Morgan fingerprint density at radius 2 is 1.90 bits per heavy atom. The summed E-state index contributed by atoms with van der Waals surface area (Å²) in [5.74, 6) is 0.0610. The van der Waals surface area contributed by atoms with Crippen molar-refractivity contribution >= 4 is 17.5 Å². The van der Waals surface area contributed by atoms with Crippen molar-refractivity contribution in [3.63, 3.8) is 0 Å². The number of benzene rings is 2. The van der Waals surface area contributed by atoms with E-state index in [0.717, 1.165) is 12.0 Å². The molecule has 31 heavy (non-hydrogen) atoms. The minimum atomic E-state index is -0.687. The van der Waals surface area contributed by atoms with Gasteiger partial charge in [0.1, 0.15) is 11.8 Å². The van der Waals surface area contributed by atoms with Crippen LogP contribution in [-0.2, 0) is 22.6 Å². The van der Waals surface area contributed by atoms with Crippen LogP contribution < -0.4 is 10.1 Å². The third kappa shape index (κ3) is 6.53. The number of rotatable bonds is 11. The van der Waals surface area contributed by atoms with Gasteiger partial charge in [0.25, 0.3) is 5.69 Å².